The lowest BCUT2D eigenvalue weighted by Gasteiger charge is -2.13. The van der Waals surface area contributed by atoms with Gasteiger partial charge in [-0.15, -0.1) is 0 Å². The number of aryl methyl sites for hydroxylation is 1. The summed E-state index contributed by atoms with van der Waals surface area (Å²) in [5.74, 6) is -0.746. The van der Waals surface area contributed by atoms with E-state index in [9.17, 15) is 19.2 Å². The third-order valence-corrected chi connectivity index (χ3v) is 5.10. The zero-order valence-electron chi connectivity index (χ0n) is 15.4. The lowest BCUT2D eigenvalue weighted by atomic mass is 10.2. The number of carbonyl (C=O) groups excluding carboxylic acids is 4. The summed E-state index contributed by atoms with van der Waals surface area (Å²) in [4.78, 5) is 49.6. The molecule has 3 amide bonds. The minimum atomic E-state index is -0.657. The Kier molecular flexibility index (Phi) is 6.09. The van der Waals surface area contributed by atoms with E-state index in [1.165, 1.54) is 31.4 Å². The summed E-state index contributed by atoms with van der Waals surface area (Å²) in [7, 11) is 1.21. The van der Waals surface area contributed by atoms with Crippen molar-refractivity contribution in [3.8, 4) is 0 Å². The highest BCUT2D eigenvalue weighted by Gasteiger charge is 2.36. The first-order valence-electron chi connectivity index (χ1n) is 8.28. The van der Waals surface area contributed by atoms with E-state index in [4.69, 9.17) is 16.0 Å². The number of nitrogens with one attached hydrogen (secondary N) is 1. The van der Waals surface area contributed by atoms with Crippen molar-refractivity contribution in [2.24, 2.45) is 0 Å². The number of anilines is 1. The maximum Gasteiger partial charge on any atom is 0.339 e. The fourth-order valence-corrected chi connectivity index (χ4v) is 3.52. The molecular formula is C19H15ClN2O6S. The van der Waals surface area contributed by atoms with Crippen LogP contribution in [0.2, 0.25) is 5.02 Å². The minimum absolute atomic E-state index is 0.0785. The predicted octanol–water partition coefficient (Wildman–Crippen LogP) is 3.70. The molecule has 0 bridgehead atoms. The Hall–Kier alpha value is -3.04. The zero-order chi connectivity index (χ0) is 21.1. The first-order chi connectivity index (χ1) is 13.8. The Morgan fingerprint density at radius 3 is 2.69 bits per heavy atom. The number of benzene rings is 1. The third-order valence-electron chi connectivity index (χ3n) is 3.87. The number of esters is 1. The molecule has 29 heavy (non-hydrogen) atoms. The molecule has 0 spiro atoms. The van der Waals surface area contributed by atoms with Crippen LogP contribution in [0.1, 0.15) is 21.9 Å². The number of rotatable bonds is 5. The number of nitrogens with zero attached hydrogens (tertiary/aromatic N) is 1. The fraction of sp³-hybridized carbons (Fsp3) is 0.158. The van der Waals surface area contributed by atoms with Crippen LogP contribution in [-0.2, 0) is 14.3 Å². The normalized spacial score (nSPS) is 15.1. The molecule has 3 rings (SSSR count). The van der Waals surface area contributed by atoms with Gasteiger partial charge in [-0.1, -0.05) is 11.6 Å². The van der Waals surface area contributed by atoms with Crippen LogP contribution in [0.4, 0.5) is 10.5 Å². The molecule has 10 heteroatoms. The lowest BCUT2D eigenvalue weighted by molar-refractivity contribution is -0.127. The summed E-state index contributed by atoms with van der Waals surface area (Å²) in [6, 6.07) is 7.67. The molecular weight excluding hydrogens is 420 g/mol. The van der Waals surface area contributed by atoms with Crippen LogP contribution in [0.25, 0.3) is 6.08 Å². The van der Waals surface area contributed by atoms with Crippen molar-refractivity contribution >= 4 is 58.1 Å². The van der Waals surface area contributed by atoms with Gasteiger partial charge >= 0.3 is 5.97 Å². The van der Waals surface area contributed by atoms with E-state index in [-0.39, 0.29) is 21.2 Å². The van der Waals surface area contributed by atoms with Crippen LogP contribution in [0.3, 0.4) is 0 Å². The molecule has 8 nitrogen and oxygen atoms in total. The van der Waals surface area contributed by atoms with Gasteiger partial charge in [0, 0.05) is 11.8 Å². The molecule has 0 unspecified atom stereocenters. The summed E-state index contributed by atoms with van der Waals surface area (Å²) in [5.41, 5.74) is 0.350. The number of methoxy groups -OCH3 is 1. The summed E-state index contributed by atoms with van der Waals surface area (Å²) >= 11 is 6.66. The van der Waals surface area contributed by atoms with Crippen LogP contribution in [0, 0.1) is 6.92 Å². The van der Waals surface area contributed by atoms with Crippen LogP contribution in [0.5, 0.6) is 0 Å². The van der Waals surface area contributed by atoms with Crippen LogP contribution in [0.15, 0.2) is 39.7 Å². The van der Waals surface area contributed by atoms with E-state index in [2.05, 4.69) is 10.1 Å². The monoisotopic (exact) mass is 434 g/mol. The summed E-state index contributed by atoms with van der Waals surface area (Å²) < 4.78 is 10.00. The maximum atomic E-state index is 12.5. The van der Waals surface area contributed by atoms with Gasteiger partial charge in [0.25, 0.3) is 11.1 Å². The molecule has 1 aliphatic rings. The van der Waals surface area contributed by atoms with Crippen molar-refractivity contribution < 1.29 is 28.3 Å². The topological polar surface area (TPSA) is 106 Å². The standard InChI is InChI=1S/C19H15ClN2O6S/c1-10-3-5-12(28-10)8-15-17(24)22(19(26)29-15)9-16(23)21-11-4-6-14(20)13(7-11)18(25)27-2/h3-8H,9H2,1-2H3,(H,21,23)/b15-8-. The molecule has 150 valence electrons. The molecule has 0 radical (unpaired) electrons. The number of carbonyl (C=O) groups is 4. The number of furan rings is 1. The van der Waals surface area contributed by atoms with Gasteiger partial charge in [-0.05, 0) is 49.0 Å². The average molecular weight is 435 g/mol. The van der Waals surface area contributed by atoms with Gasteiger partial charge in [-0.3, -0.25) is 19.3 Å². The van der Waals surface area contributed by atoms with E-state index in [1.807, 2.05) is 0 Å². The highest BCUT2D eigenvalue weighted by atomic mass is 35.5. The first-order valence-corrected chi connectivity index (χ1v) is 9.47. The van der Waals surface area contributed by atoms with Crippen molar-refractivity contribution in [3.05, 3.63) is 57.3 Å². The highest BCUT2D eigenvalue weighted by molar-refractivity contribution is 8.18. The Balaban J connectivity index is 1.69. The number of amides is 3. The number of thioether (sulfide) groups is 1. The SMILES string of the molecule is COC(=O)c1cc(NC(=O)CN2C(=O)S/C(=C\c3ccc(C)o3)C2=O)ccc1Cl. The maximum absolute atomic E-state index is 12.5. The van der Waals surface area contributed by atoms with E-state index < -0.39 is 29.6 Å². The molecule has 2 heterocycles. The quantitative estimate of drug-likeness (QED) is 0.564. The van der Waals surface area contributed by atoms with Gasteiger partial charge in [0.1, 0.15) is 18.1 Å². The molecule has 1 aromatic heterocycles. The zero-order valence-corrected chi connectivity index (χ0v) is 16.9. The van der Waals surface area contributed by atoms with Gasteiger partial charge in [-0.2, -0.15) is 0 Å². The van der Waals surface area contributed by atoms with E-state index >= 15 is 0 Å². The molecule has 1 aliphatic heterocycles. The van der Waals surface area contributed by atoms with Crippen LogP contribution >= 0.6 is 23.4 Å². The Labute approximate surface area is 174 Å². The lowest BCUT2D eigenvalue weighted by Crippen LogP contribution is -2.36. The van der Waals surface area contributed by atoms with Crippen molar-refractivity contribution in [2.75, 3.05) is 19.0 Å². The minimum Gasteiger partial charge on any atom is -0.465 e. The van der Waals surface area contributed by atoms with Gasteiger partial charge in [0.2, 0.25) is 5.91 Å². The molecule has 0 saturated carbocycles. The van der Waals surface area contributed by atoms with Gasteiger partial charge in [0.15, 0.2) is 0 Å². The summed E-state index contributed by atoms with van der Waals surface area (Å²) in [5, 5.41) is 2.13. The predicted molar refractivity (Wildman–Crippen MR) is 108 cm³/mol. The van der Waals surface area contributed by atoms with Gasteiger partial charge in [0.05, 0.1) is 22.6 Å². The Morgan fingerprint density at radius 2 is 2.03 bits per heavy atom. The molecule has 1 saturated heterocycles. The highest BCUT2D eigenvalue weighted by Crippen LogP contribution is 2.32. The fourth-order valence-electron chi connectivity index (χ4n) is 2.51. The number of hydrogen-bond donors (Lipinski definition) is 1. The van der Waals surface area contributed by atoms with Crippen molar-refractivity contribution in [2.45, 2.75) is 6.92 Å². The number of hydrogen-bond acceptors (Lipinski definition) is 7. The van der Waals surface area contributed by atoms with E-state index in [0.717, 1.165) is 16.7 Å². The molecule has 2 aromatic rings. The molecule has 0 atom stereocenters. The number of ether oxygens (including phenoxy) is 1. The van der Waals surface area contributed by atoms with E-state index in [0.29, 0.717) is 11.5 Å². The number of halogens is 1. The smallest absolute Gasteiger partial charge is 0.339 e. The molecule has 1 aromatic carbocycles. The molecule has 1 N–H and O–H groups in total. The van der Waals surface area contributed by atoms with Crippen LogP contribution in [-0.4, -0.2) is 41.6 Å². The third kappa shape index (κ3) is 4.69. The summed E-state index contributed by atoms with van der Waals surface area (Å²) in [6.45, 7) is 1.28. The van der Waals surface area contributed by atoms with Crippen molar-refractivity contribution in [1.29, 1.82) is 0 Å². The molecule has 1 fully saturated rings. The second-order valence-corrected chi connectivity index (χ2v) is 7.35. The van der Waals surface area contributed by atoms with E-state index in [1.54, 1.807) is 19.1 Å². The molecule has 0 aliphatic carbocycles. The average Bonchev–Trinajstić information content (AvgIpc) is 3.20. The van der Waals surface area contributed by atoms with Crippen molar-refractivity contribution in [1.82, 2.24) is 4.90 Å². The second-order valence-electron chi connectivity index (χ2n) is 5.95. The first kappa shape index (κ1) is 20.7. The second kappa shape index (κ2) is 8.54. The summed E-state index contributed by atoms with van der Waals surface area (Å²) in [6.07, 6.45) is 1.46. The Bertz CT molecular complexity index is 1050. The Morgan fingerprint density at radius 1 is 1.28 bits per heavy atom. The number of imide groups is 1. The van der Waals surface area contributed by atoms with Gasteiger partial charge in [-0.25, -0.2) is 4.79 Å². The largest absolute Gasteiger partial charge is 0.465 e. The van der Waals surface area contributed by atoms with Gasteiger partial charge < -0.3 is 14.5 Å². The van der Waals surface area contributed by atoms with Crippen LogP contribution < -0.4 is 5.32 Å². The van der Waals surface area contributed by atoms with Crippen molar-refractivity contribution in [3.63, 3.8) is 0 Å².